The second-order valence-corrected chi connectivity index (χ2v) is 10.4. The molecule has 4 rings (SSSR count). The van der Waals surface area contributed by atoms with Crippen molar-refractivity contribution in [2.24, 2.45) is 5.92 Å². The zero-order chi connectivity index (χ0) is 27.4. The molecule has 3 aromatic rings. The van der Waals surface area contributed by atoms with Crippen molar-refractivity contribution in [2.45, 2.75) is 38.3 Å². The molecule has 202 valence electrons. The van der Waals surface area contributed by atoms with Crippen LogP contribution >= 0.6 is 22.9 Å². The molecule has 1 amide bonds. The number of rotatable bonds is 8. The number of pyridine rings is 1. The second-order valence-electron chi connectivity index (χ2n) is 8.97. The van der Waals surface area contributed by atoms with Crippen LogP contribution in [0.2, 0.25) is 5.02 Å². The highest BCUT2D eigenvalue weighted by Gasteiger charge is 2.34. The van der Waals surface area contributed by atoms with Crippen molar-refractivity contribution >= 4 is 46.3 Å². The quantitative estimate of drug-likeness (QED) is 0.370. The van der Waals surface area contributed by atoms with E-state index in [1.165, 1.54) is 12.5 Å². The molecule has 3 aromatic heterocycles. The Balaban J connectivity index is 1.38. The number of thiazole rings is 1. The molecule has 4 heterocycles. The van der Waals surface area contributed by atoms with Gasteiger partial charge in [0, 0.05) is 44.3 Å². The van der Waals surface area contributed by atoms with E-state index in [1.807, 2.05) is 0 Å². The first kappa shape index (κ1) is 27.9. The number of halogens is 4. The van der Waals surface area contributed by atoms with E-state index in [9.17, 15) is 27.9 Å². The normalized spacial score (nSPS) is 15.4. The van der Waals surface area contributed by atoms with Crippen molar-refractivity contribution < 1.29 is 27.9 Å². The number of alkyl halides is 3. The van der Waals surface area contributed by atoms with Crippen LogP contribution in [0.3, 0.4) is 0 Å². The molecule has 2 N–H and O–H groups in total. The summed E-state index contributed by atoms with van der Waals surface area (Å²) in [5.74, 6) is -0.591. The zero-order valence-corrected chi connectivity index (χ0v) is 21.8. The summed E-state index contributed by atoms with van der Waals surface area (Å²) in [6.07, 6.45) is 0.561. The van der Waals surface area contributed by atoms with Gasteiger partial charge in [-0.25, -0.2) is 19.9 Å². The number of nitrogens with zero attached hydrogens (tertiary/aromatic N) is 5. The Labute approximate surface area is 225 Å². The fourth-order valence-electron chi connectivity index (χ4n) is 4.01. The van der Waals surface area contributed by atoms with E-state index < -0.39 is 22.7 Å². The van der Waals surface area contributed by atoms with Gasteiger partial charge in [-0.1, -0.05) is 18.5 Å². The Kier molecular flexibility index (Phi) is 8.58. The zero-order valence-electron chi connectivity index (χ0n) is 20.2. The number of carbonyl (C=O) groups excluding carboxylic acids is 2. The van der Waals surface area contributed by atoms with Gasteiger partial charge in [0.1, 0.15) is 28.5 Å². The molecule has 0 aliphatic carbocycles. The van der Waals surface area contributed by atoms with E-state index in [1.54, 1.807) is 13.0 Å². The average Bonchev–Trinajstić information content (AvgIpc) is 3.40. The standard InChI is InChI=1S/C24H24ClF3N6O3S/c1-13(6-18(36)17-8-21(32-12-31-17)34-4-2-14(11-35)3-5-34)23-30-10-19(38-23)22(37)33-20-7-15(24(26,27)28)16(25)9-29-20/h7-10,12-14,35H,2-6,11H2,1H3,(H,29,33,37). The van der Waals surface area contributed by atoms with Crippen molar-refractivity contribution in [1.82, 2.24) is 19.9 Å². The summed E-state index contributed by atoms with van der Waals surface area (Å²) >= 11 is 6.60. The van der Waals surface area contributed by atoms with Crippen LogP contribution in [0.4, 0.5) is 24.8 Å². The number of aliphatic hydroxyl groups excluding tert-OH is 1. The number of aliphatic hydroxyl groups is 1. The van der Waals surface area contributed by atoms with Gasteiger partial charge in [-0.05, 0) is 24.8 Å². The minimum atomic E-state index is -4.69. The molecule has 14 heteroatoms. The lowest BCUT2D eigenvalue weighted by molar-refractivity contribution is -0.137. The average molecular weight is 569 g/mol. The smallest absolute Gasteiger partial charge is 0.396 e. The number of carbonyl (C=O) groups is 2. The first-order valence-corrected chi connectivity index (χ1v) is 13.0. The summed E-state index contributed by atoms with van der Waals surface area (Å²) in [6.45, 7) is 3.42. The molecule has 1 saturated heterocycles. The molecule has 1 aliphatic heterocycles. The van der Waals surface area contributed by atoms with E-state index in [-0.39, 0.29) is 47.0 Å². The van der Waals surface area contributed by atoms with Gasteiger partial charge in [-0.2, -0.15) is 13.2 Å². The lowest BCUT2D eigenvalue weighted by Gasteiger charge is -2.31. The van der Waals surface area contributed by atoms with Crippen LogP contribution in [0.5, 0.6) is 0 Å². The van der Waals surface area contributed by atoms with E-state index in [2.05, 4.69) is 30.2 Å². The number of hydrogen-bond acceptors (Lipinski definition) is 9. The van der Waals surface area contributed by atoms with E-state index in [0.717, 1.165) is 43.5 Å². The van der Waals surface area contributed by atoms with Gasteiger partial charge in [0.15, 0.2) is 5.78 Å². The van der Waals surface area contributed by atoms with Crippen LogP contribution in [0.15, 0.2) is 30.9 Å². The number of piperidine rings is 1. The topological polar surface area (TPSA) is 121 Å². The summed E-state index contributed by atoms with van der Waals surface area (Å²) in [6, 6.07) is 2.32. The van der Waals surface area contributed by atoms with E-state index in [0.29, 0.717) is 16.9 Å². The number of anilines is 2. The largest absolute Gasteiger partial charge is 0.418 e. The van der Waals surface area contributed by atoms with Gasteiger partial charge in [0.05, 0.1) is 21.8 Å². The van der Waals surface area contributed by atoms with Gasteiger partial charge in [0.25, 0.3) is 5.91 Å². The predicted molar refractivity (Wildman–Crippen MR) is 136 cm³/mol. The maximum Gasteiger partial charge on any atom is 0.418 e. The number of aromatic nitrogens is 4. The molecule has 38 heavy (non-hydrogen) atoms. The highest BCUT2D eigenvalue weighted by Crippen LogP contribution is 2.35. The minimum Gasteiger partial charge on any atom is -0.396 e. The fraction of sp³-hybridized carbons (Fsp3) is 0.417. The molecule has 0 bridgehead atoms. The van der Waals surface area contributed by atoms with Gasteiger partial charge in [0.2, 0.25) is 0 Å². The lowest BCUT2D eigenvalue weighted by atomic mass is 9.98. The first-order chi connectivity index (χ1) is 18.0. The molecule has 1 aliphatic rings. The summed E-state index contributed by atoms with van der Waals surface area (Å²) in [7, 11) is 0. The van der Waals surface area contributed by atoms with Crippen LogP contribution in [0, 0.1) is 5.92 Å². The third kappa shape index (κ3) is 6.63. The maximum absolute atomic E-state index is 13.1. The van der Waals surface area contributed by atoms with Crippen LogP contribution in [0.25, 0.3) is 0 Å². The lowest BCUT2D eigenvalue weighted by Crippen LogP contribution is -2.35. The number of amides is 1. The molecule has 1 unspecified atom stereocenters. The van der Waals surface area contributed by atoms with Crippen molar-refractivity contribution in [2.75, 3.05) is 29.9 Å². The van der Waals surface area contributed by atoms with Gasteiger partial charge < -0.3 is 15.3 Å². The van der Waals surface area contributed by atoms with E-state index >= 15 is 0 Å². The summed E-state index contributed by atoms with van der Waals surface area (Å²) in [5, 5.41) is 11.6. The summed E-state index contributed by atoms with van der Waals surface area (Å²) in [5.41, 5.74) is -0.834. The molecule has 0 aromatic carbocycles. The Morgan fingerprint density at radius 3 is 2.61 bits per heavy atom. The van der Waals surface area contributed by atoms with Crippen LogP contribution in [0.1, 0.15) is 62.8 Å². The highest BCUT2D eigenvalue weighted by molar-refractivity contribution is 7.13. The summed E-state index contributed by atoms with van der Waals surface area (Å²) in [4.78, 5) is 44.1. The number of nitrogens with one attached hydrogen (secondary N) is 1. The molecular formula is C24H24ClF3N6O3S. The number of hydrogen-bond donors (Lipinski definition) is 2. The van der Waals surface area contributed by atoms with Crippen molar-refractivity contribution in [3.63, 3.8) is 0 Å². The maximum atomic E-state index is 13.1. The fourth-order valence-corrected chi connectivity index (χ4v) is 5.08. The van der Waals surface area contributed by atoms with Crippen molar-refractivity contribution in [3.8, 4) is 0 Å². The first-order valence-electron chi connectivity index (χ1n) is 11.8. The van der Waals surface area contributed by atoms with Crippen molar-refractivity contribution in [3.05, 3.63) is 57.0 Å². The third-order valence-corrected chi connectivity index (χ3v) is 7.73. The Bertz CT molecular complexity index is 1310. The van der Waals surface area contributed by atoms with Crippen LogP contribution < -0.4 is 10.2 Å². The summed E-state index contributed by atoms with van der Waals surface area (Å²) < 4.78 is 39.2. The Morgan fingerprint density at radius 1 is 1.18 bits per heavy atom. The highest BCUT2D eigenvalue weighted by atomic mass is 35.5. The van der Waals surface area contributed by atoms with Crippen LogP contribution in [-0.4, -0.2) is 56.4 Å². The molecule has 1 atom stereocenters. The number of ketones is 1. The molecule has 0 radical (unpaired) electrons. The number of Topliss-reactive ketones (excluding diaryl/α,β-unsaturated/α-hetero) is 1. The van der Waals surface area contributed by atoms with Gasteiger partial charge in [-0.15, -0.1) is 11.3 Å². The second kappa shape index (κ2) is 11.7. The van der Waals surface area contributed by atoms with Gasteiger partial charge >= 0.3 is 6.18 Å². The molecule has 0 spiro atoms. The van der Waals surface area contributed by atoms with Crippen LogP contribution in [-0.2, 0) is 6.18 Å². The Morgan fingerprint density at radius 2 is 1.92 bits per heavy atom. The van der Waals surface area contributed by atoms with E-state index in [4.69, 9.17) is 11.6 Å². The molecule has 0 saturated carbocycles. The molecular weight excluding hydrogens is 545 g/mol. The molecule has 1 fully saturated rings. The predicted octanol–water partition coefficient (Wildman–Crippen LogP) is 4.84. The van der Waals surface area contributed by atoms with Crippen molar-refractivity contribution in [1.29, 1.82) is 0 Å². The Hall–Kier alpha value is -3.16. The monoisotopic (exact) mass is 568 g/mol. The van der Waals surface area contributed by atoms with Gasteiger partial charge in [-0.3, -0.25) is 9.59 Å². The SMILES string of the molecule is CC(CC(=O)c1cc(N2CCC(CO)CC2)ncn1)c1ncc(C(=O)Nc2cc(C(F)(F)F)c(Cl)cn2)s1. The third-order valence-electron chi connectivity index (χ3n) is 6.20. The minimum absolute atomic E-state index is 0.0886. The molecule has 9 nitrogen and oxygen atoms in total.